The number of nitrogens with zero attached hydrogens (tertiary/aromatic N) is 2. The van der Waals surface area contributed by atoms with Gasteiger partial charge in [-0.05, 0) is 67.4 Å². The van der Waals surface area contributed by atoms with E-state index in [0.717, 1.165) is 66.3 Å². The number of hydrogen-bond acceptors (Lipinski definition) is 9. The van der Waals surface area contributed by atoms with Crippen molar-refractivity contribution in [2.24, 2.45) is 11.3 Å². The van der Waals surface area contributed by atoms with Gasteiger partial charge in [-0.25, -0.2) is 11.3 Å². The number of para-hydroxylation sites is 1. The third kappa shape index (κ3) is 6.45. The molecule has 5 N–H and O–H groups in total. The first-order valence-corrected chi connectivity index (χ1v) is 19.8. The number of ether oxygens (including phenoxy) is 1. The average Bonchev–Trinajstić information content (AvgIpc) is 3.68. The zero-order valence-electron chi connectivity index (χ0n) is 29.5. The van der Waals surface area contributed by atoms with Crippen LogP contribution in [0.3, 0.4) is 0 Å². The summed E-state index contributed by atoms with van der Waals surface area (Å²) >= 11 is 4.03. The summed E-state index contributed by atoms with van der Waals surface area (Å²) < 4.78 is 5.87. The number of methoxy groups -OCH3 is 1. The second-order valence-corrected chi connectivity index (χ2v) is 16.6. The van der Waals surface area contributed by atoms with E-state index in [1.54, 1.807) is 7.11 Å². The van der Waals surface area contributed by atoms with Crippen molar-refractivity contribution in [1.29, 1.82) is 0 Å². The van der Waals surface area contributed by atoms with E-state index < -0.39 is 0 Å². The van der Waals surface area contributed by atoms with Crippen LogP contribution in [0.15, 0.2) is 54.4 Å². The maximum atomic E-state index is 13.2. The fourth-order valence-electron chi connectivity index (χ4n) is 7.63. The van der Waals surface area contributed by atoms with E-state index in [1.807, 2.05) is 36.5 Å². The van der Waals surface area contributed by atoms with E-state index in [2.05, 4.69) is 91.4 Å². The summed E-state index contributed by atoms with van der Waals surface area (Å²) in [6, 6.07) is 12.9. The normalized spacial score (nSPS) is 21.7. The molecule has 48 heavy (non-hydrogen) atoms. The predicted octanol–water partition coefficient (Wildman–Crippen LogP) is 6.87. The highest BCUT2D eigenvalue weighted by molar-refractivity contribution is 8.20. The smallest absolute Gasteiger partial charge is 0.268 e. The van der Waals surface area contributed by atoms with Crippen LogP contribution in [0.25, 0.3) is 5.70 Å². The highest BCUT2D eigenvalue weighted by atomic mass is 32.2. The Labute approximate surface area is 296 Å². The SMILES string of the molecule is CCc1cccc(C2(C3C=C(NCCC(CC)(CC)CC)C4NC=C(c5ccc(C(=O)N(N)C6CC6)c(C)c5)N4N3)SCCS2)c1OC. The molecule has 260 valence electrons. The van der Waals surface area contributed by atoms with E-state index >= 15 is 0 Å². The highest BCUT2D eigenvalue weighted by Gasteiger charge is 2.50. The maximum Gasteiger partial charge on any atom is 0.268 e. The Kier molecular flexibility index (Phi) is 10.7. The molecule has 0 bridgehead atoms. The molecule has 1 aliphatic carbocycles. The molecule has 3 aliphatic heterocycles. The highest BCUT2D eigenvalue weighted by Crippen LogP contribution is 2.58. The molecule has 1 saturated carbocycles. The Hall–Kier alpha value is -2.79. The van der Waals surface area contributed by atoms with Crippen molar-refractivity contribution in [3.63, 3.8) is 0 Å². The van der Waals surface area contributed by atoms with E-state index in [4.69, 9.17) is 10.6 Å². The quantitative estimate of drug-likeness (QED) is 0.0963. The van der Waals surface area contributed by atoms with E-state index in [0.29, 0.717) is 11.0 Å². The molecule has 2 aromatic rings. The van der Waals surface area contributed by atoms with E-state index in [9.17, 15) is 4.79 Å². The van der Waals surface area contributed by atoms with Crippen molar-refractivity contribution in [3.8, 4) is 5.75 Å². The lowest BCUT2D eigenvalue weighted by Gasteiger charge is -2.45. The van der Waals surface area contributed by atoms with Crippen molar-refractivity contribution in [2.75, 3.05) is 25.2 Å². The number of thioether (sulfide) groups is 2. The zero-order valence-corrected chi connectivity index (χ0v) is 31.2. The molecule has 4 aliphatic rings. The molecule has 1 saturated heterocycles. The standard InChI is InChI=1S/C38H54N6O2S2/c1-7-26-12-11-13-30(34(26)46-6)38(47-20-21-48-38)33-23-31(40-19-18-37(8-2,9-3)10-4)35-41-24-32(44(35)42-33)27-14-17-29(25(5)22-27)36(45)43(39)28-15-16-28/h11-14,17,22-24,28,33,35,40-42H,7-10,15-16,18-21,39H2,1-6H3. The third-order valence-corrected chi connectivity index (χ3v) is 14.7. The number of amides is 1. The Morgan fingerprint density at radius 3 is 2.48 bits per heavy atom. The summed E-state index contributed by atoms with van der Waals surface area (Å²) in [5, 5.41) is 11.3. The minimum atomic E-state index is -0.276. The van der Waals surface area contributed by atoms with Gasteiger partial charge in [0.2, 0.25) is 0 Å². The average molecular weight is 691 g/mol. The molecule has 8 nitrogen and oxygen atoms in total. The topological polar surface area (TPSA) is 94.9 Å². The molecule has 0 radical (unpaired) electrons. The number of hydrogen-bond donors (Lipinski definition) is 4. The van der Waals surface area contributed by atoms with Crippen LogP contribution in [0.5, 0.6) is 5.75 Å². The molecule has 2 aromatic carbocycles. The largest absolute Gasteiger partial charge is 0.496 e. The van der Waals surface area contributed by atoms with Gasteiger partial charge in [-0.3, -0.25) is 14.8 Å². The van der Waals surface area contributed by atoms with Gasteiger partial charge in [-0.2, -0.15) is 0 Å². The first-order valence-electron chi connectivity index (χ1n) is 17.8. The number of rotatable bonds is 14. The monoisotopic (exact) mass is 690 g/mol. The van der Waals surface area contributed by atoms with Crippen molar-refractivity contribution in [1.82, 2.24) is 26.1 Å². The van der Waals surface area contributed by atoms with Crippen LogP contribution in [0.2, 0.25) is 0 Å². The number of fused-ring (bicyclic) bond motifs is 1. The first-order chi connectivity index (χ1) is 23.2. The molecule has 6 rings (SSSR count). The van der Waals surface area contributed by atoms with Gasteiger partial charge in [0.25, 0.3) is 5.91 Å². The molecular formula is C38H54N6O2S2. The number of nitrogens with one attached hydrogen (secondary N) is 3. The molecule has 3 heterocycles. The minimum Gasteiger partial charge on any atom is -0.496 e. The Morgan fingerprint density at radius 2 is 1.85 bits per heavy atom. The fraction of sp³-hybridized carbons (Fsp3) is 0.553. The number of hydrazine groups is 2. The third-order valence-electron chi connectivity index (χ3n) is 11.2. The molecule has 0 aromatic heterocycles. The summed E-state index contributed by atoms with van der Waals surface area (Å²) in [6.07, 6.45) is 12.0. The van der Waals surface area contributed by atoms with Gasteiger partial charge in [0.15, 0.2) is 6.17 Å². The van der Waals surface area contributed by atoms with Gasteiger partial charge in [-0.1, -0.05) is 71.2 Å². The lowest BCUT2D eigenvalue weighted by Crippen LogP contribution is -2.60. The zero-order chi connectivity index (χ0) is 34.1. The molecule has 2 fully saturated rings. The number of aryl methyl sites for hydroxylation is 2. The van der Waals surface area contributed by atoms with Gasteiger partial charge in [0.1, 0.15) is 9.83 Å². The maximum absolute atomic E-state index is 13.2. The van der Waals surface area contributed by atoms with Crippen LogP contribution in [0.4, 0.5) is 0 Å². The molecule has 2 atom stereocenters. The predicted molar refractivity (Wildman–Crippen MR) is 201 cm³/mol. The van der Waals surface area contributed by atoms with Crippen LogP contribution in [0.1, 0.15) is 98.8 Å². The fourth-order valence-corrected chi connectivity index (χ4v) is 11.0. The molecule has 10 heteroatoms. The molecule has 0 spiro atoms. The van der Waals surface area contributed by atoms with Crippen molar-refractivity contribution >= 4 is 35.1 Å². The van der Waals surface area contributed by atoms with Crippen LogP contribution in [-0.4, -0.2) is 59.3 Å². The molecule has 1 amide bonds. The van der Waals surface area contributed by atoms with Gasteiger partial charge >= 0.3 is 0 Å². The lowest BCUT2D eigenvalue weighted by atomic mass is 9.77. The van der Waals surface area contributed by atoms with Crippen molar-refractivity contribution in [2.45, 2.75) is 102 Å². The Bertz CT molecular complexity index is 1540. The van der Waals surface area contributed by atoms with Gasteiger partial charge in [0.05, 0.1) is 24.5 Å². The number of benzene rings is 2. The first kappa shape index (κ1) is 35.1. The number of nitrogens with two attached hydrogens (primary N) is 1. The van der Waals surface area contributed by atoms with Gasteiger partial charge < -0.3 is 15.4 Å². The second-order valence-electron chi connectivity index (χ2n) is 13.6. The van der Waals surface area contributed by atoms with Crippen molar-refractivity contribution in [3.05, 3.63) is 82.2 Å². The van der Waals surface area contributed by atoms with E-state index in [-0.39, 0.29) is 28.2 Å². The summed E-state index contributed by atoms with van der Waals surface area (Å²) in [5.74, 6) is 9.21. The molecule has 2 unspecified atom stereocenters. The summed E-state index contributed by atoms with van der Waals surface area (Å²) in [5.41, 5.74) is 11.7. The van der Waals surface area contributed by atoms with Crippen molar-refractivity contribution < 1.29 is 9.53 Å². The lowest BCUT2D eigenvalue weighted by molar-refractivity contribution is 0.0742. The molecular weight excluding hydrogens is 637 g/mol. The minimum absolute atomic E-state index is 0.0161. The Balaban J connectivity index is 1.35. The van der Waals surface area contributed by atoms with Gasteiger partial charge in [0, 0.05) is 47.0 Å². The Morgan fingerprint density at radius 1 is 1.12 bits per heavy atom. The van der Waals surface area contributed by atoms with Crippen LogP contribution >= 0.6 is 23.5 Å². The van der Waals surface area contributed by atoms with E-state index in [1.165, 1.54) is 41.1 Å². The number of carbonyl (C=O) groups is 1. The van der Waals surface area contributed by atoms with Crippen LogP contribution in [-0.2, 0) is 10.5 Å². The summed E-state index contributed by atoms with van der Waals surface area (Å²) in [4.78, 5) is 13.2. The van der Waals surface area contributed by atoms with Gasteiger partial charge in [-0.15, -0.1) is 23.5 Å². The number of carbonyl (C=O) groups excluding carboxylic acids is 1. The summed E-state index contributed by atoms with van der Waals surface area (Å²) in [7, 11) is 1.81. The van der Waals surface area contributed by atoms with Crippen LogP contribution < -0.4 is 26.6 Å². The summed E-state index contributed by atoms with van der Waals surface area (Å²) in [6.45, 7) is 12.1. The second kappa shape index (κ2) is 14.6. The van der Waals surface area contributed by atoms with Crippen LogP contribution in [0, 0.1) is 12.3 Å².